The third kappa shape index (κ3) is 6.19. The highest BCUT2D eigenvalue weighted by Crippen LogP contribution is 2.38. The fourth-order valence-electron chi connectivity index (χ4n) is 5.86. The van der Waals surface area contributed by atoms with Crippen LogP contribution in [0.3, 0.4) is 0 Å². The number of rotatable bonds is 7. The molecule has 1 fully saturated rings. The Morgan fingerprint density at radius 1 is 1.17 bits per heavy atom. The summed E-state index contributed by atoms with van der Waals surface area (Å²) in [6.07, 6.45) is -3.78. The predicted octanol–water partition coefficient (Wildman–Crippen LogP) is 5.03. The van der Waals surface area contributed by atoms with Gasteiger partial charge in [0.2, 0.25) is 0 Å². The molecule has 2 aromatic heterocycles. The number of ether oxygens (including phenoxy) is 1. The number of carbonyl (C=O) groups is 2. The van der Waals surface area contributed by atoms with Gasteiger partial charge in [0.15, 0.2) is 0 Å². The molecule has 0 aliphatic carbocycles. The van der Waals surface area contributed by atoms with Crippen molar-refractivity contribution in [3.8, 4) is 11.1 Å². The highest BCUT2D eigenvalue weighted by atomic mass is 19.4. The lowest BCUT2D eigenvalue weighted by Crippen LogP contribution is -2.44. The van der Waals surface area contributed by atoms with Crippen LogP contribution in [0.4, 0.5) is 23.2 Å². The van der Waals surface area contributed by atoms with Gasteiger partial charge in [0.25, 0.3) is 11.5 Å². The number of anilines is 1. The van der Waals surface area contributed by atoms with Gasteiger partial charge in [-0.05, 0) is 56.2 Å². The number of carbonyl (C=O) groups excluding carboxylic acids is 1. The molecule has 2 atom stereocenters. The van der Waals surface area contributed by atoms with Crippen LogP contribution in [0.5, 0.6) is 0 Å². The number of morpholine rings is 1. The second kappa shape index (κ2) is 12.5. The fraction of sp³-hybridized carbons (Fsp3) is 0.333. The average Bonchev–Trinajstić information content (AvgIpc) is 2.99. The fourth-order valence-corrected chi connectivity index (χ4v) is 5.86. The van der Waals surface area contributed by atoms with Crippen molar-refractivity contribution in [3.05, 3.63) is 92.8 Å². The SMILES string of the molecule is Cc1cc(N2CCOC[C@@H]2C)cc(F)c1C(=O)N[C@@H](Cc1ccc(-c2c(C(F)(F)F)cc(C)n(C)c2=O)c2ncccc12)C(=O)O. The lowest BCUT2D eigenvalue weighted by molar-refractivity contribution is -0.139. The molecule has 1 aliphatic heterocycles. The van der Waals surface area contributed by atoms with Crippen LogP contribution in [0.1, 0.15) is 39.7 Å². The number of fused-ring (bicyclic) bond motifs is 1. The number of aromatic nitrogens is 2. The van der Waals surface area contributed by atoms with Crippen molar-refractivity contribution in [2.45, 2.75) is 45.5 Å². The number of halogens is 4. The van der Waals surface area contributed by atoms with Gasteiger partial charge in [-0.15, -0.1) is 0 Å². The molecule has 2 aromatic carbocycles. The number of aliphatic carboxylic acids is 1. The quantitative estimate of drug-likeness (QED) is 0.273. The molecule has 1 saturated heterocycles. The van der Waals surface area contributed by atoms with Crippen LogP contribution in [-0.4, -0.2) is 58.4 Å². The zero-order valence-corrected chi connectivity index (χ0v) is 25.5. The summed E-state index contributed by atoms with van der Waals surface area (Å²) in [5.41, 5.74) is -1.54. The van der Waals surface area contributed by atoms with E-state index in [-0.39, 0.29) is 34.8 Å². The number of alkyl halides is 3. The van der Waals surface area contributed by atoms with E-state index in [1.807, 2.05) is 11.8 Å². The van der Waals surface area contributed by atoms with Crippen LogP contribution in [-0.2, 0) is 29.2 Å². The van der Waals surface area contributed by atoms with Crippen molar-refractivity contribution in [1.82, 2.24) is 14.9 Å². The highest BCUT2D eigenvalue weighted by molar-refractivity contribution is 5.99. The zero-order valence-electron chi connectivity index (χ0n) is 25.5. The normalized spacial score (nSPS) is 16.0. The number of carboxylic acids is 1. The molecular formula is C33H32F4N4O5. The molecular weight excluding hydrogens is 608 g/mol. The molecule has 0 saturated carbocycles. The largest absolute Gasteiger partial charge is 0.480 e. The molecule has 9 nitrogen and oxygen atoms in total. The minimum atomic E-state index is -4.84. The molecule has 1 aliphatic rings. The topological polar surface area (TPSA) is 114 Å². The summed E-state index contributed by atoms with van der Waals surface area (Å²) in [6.45, 7) is 6.39. The molecule has 4 aromatic rings. The van der Waals surface area contributed by atoms with E-state index in [1.54, 1.807) is 19.1 Å². The van der Waals surface area contributed by atoms with Crippen molar-refractivity contribution in [2.75, 3.05) is 24.7 Å². The monoisotopic (exact) mass is 640 g/mol. The summed E-state index contributed by atoms with van der Waals surface area (Å²) in [6, 6.07) is 8.03. The Morgan fingerprint density at radius 3 is 2.57 bits per heavy atom. The van der Waals surface area contributed by atoms with Crippen LogP contribution in [0, 0.1) is 19.7 Å². The van der Waals surface area contributed by atoms with Crippen molar-refractivity contribution < 1.29 is 37.0 Å². The van der Waals surface area contributed by atoms with E-state index < -0.39 is 46.6 Å². The van der Waals surface area contributed by atoms with E-state index in [9.17, 15) is 32.7 Å². The molecule has 3 heterocycles. The van der Waals surface area contributed by atoms with Crippen molar-refractivity contribution in [2.24, 2.45) is 7.05 Å². The highest BCUT2D eigenvalue weighted by Gasteiger charge is 2.37. The first-order chi connectivity index (χ1) is 21.7. The Balaban J connectivity index is 1.49. The molecule has 0 unspecified atom stereocenters. The molecule has 5 rings (SSSR count). The maximum Gasteiger partial charge on any atom is 0.417 e. The second-order valence-electron chi connectivity index (χ2n) is 11.4. The van der Waals surface area contributed by atoms with Gasteiger partial charge in [0, 0.05) is 54.6 Å². The number of nitrogens with zero attached hydrogens (tertiary/aromatic N) is 3. The minimum absolute atomic E-state index is 0.00613. The zero-order chi connectivity index (χ0) is 33.5. The summed E-state index contributed by atoms with van der Waals surface area (Å²) in [5.74, 6) is -3.14. The van der Waals surface area contributed by atoms with E-state index in [0.717, 1.165) is 10.6 Å². The van der Waals surface area contributed by atoms with Gasteiger partial charge < -0.3 is 24.6 Å². The van der Waals surface area contributed by atoms with Gasteiger partial charge in [-0.1, -0.05) is 18.2 Å². The average molecular weight is 641 g/mol. The van der Waals surface area contributed by atoms with Crippen molar-refractivity contribution in [1.29, 1.82) is 0 Å². The lowest BCUT2D eigenvalue weighted by Gasteiger charge is -2.35. The van der Waals surface area contributed by atoms with Crippen LogP contribution >= 0.6 is 0 Å². The first kappa shape index (κ1) is 32.6. The molecule has 242 valence electrons. The number of benzene rings is 2. The van der Waals surface area contributed by atoms with Crippen LogP contribution in [0.2, 0.25) is 0 Å². The van der Waals surface area contributed by atoms with Crippen LogP contribution in [0.25, 0.3) is 22.0 Å². The lowest BCUT2D eigenvalue weighted by atomic mass is 9.93. The Morgan fingerprint density at radius 2 is 1.91 bits per heavy atom. The smallest absolute Gasteiger partial charge is 0.417 e. The molecule has 0 spiro atoms. The van der Waals surface area contributed by atoms with Crippen molar-refractivity contribution >= 4 is 28.5 Å². The third-order valence-electron chi connectivity index (χ3n) is 8.33. The number of nitrogens with one attached hydrogen (secondary N) is 1. The number of carboxylic acid groups (broad SMARTS) is 1. The molecule has 0 radical (unpaired) electrons. The Kier molecular flexibility index (Phi) is 8.89. The first-order valence-electron chi connectivity index (χ1n) is 14.5. The minimum Gasteiger partial charge on any atom is -0.480 e. The number of pyridine rings is 2. The number of hydrogen-bond donors (Lipinski definition) is 2. The van der Waals surface area contributed by atoms with E-state index >= 15 is 4.39 Å². The summed E-state index contributed by atoms with van der Waals surface area (Å²) in [5, 5.41) is 12.7. The summed E-state index contributed by atoms with van der Waals surface area (Å²) >= 11 is 0. The van der Waals surface area contributed by atoms with Crippen LogP contribution < -0.4 is 15.8 Å². The predicted molar refractivity (Wildman–Crippen MR) is 164 cm³/mol. The number of aryl methyl sites for hydroxylation is 2. The van der Waals surface area contributed by atoms with E-state index in [1.165, 1.54) is 44.4 Å². The van der Waals surface area contributed by atoms with E-state index in [0.29, 0.717) is 42.0 Å². The standard InChI is InChI=1S/C33H32F4N4O5/c1-17-12-21(41-10-11-46-16-19(41)3)15-25(34)27(17)30(42)39-26(32(44)45)14-20-7-8-23(29-22(20)6-5-9-38-29)28-24(33(35,36)37)13-18(2)40(4)31(28)43/h5-9,12-13,15,19,26H,10-11,14,16H2,1-4H3,(H,39,42)(H,44,45)/t19-,26-/m0/s1. The molecule has 1 amide bonds. The van der Waals surface area contributed by atoms with E-state index in [2.05, 4.69) is 10.3 Å². The molecule has 2 N–H and O–H groups in total. The molecule has 46 heavy (non-hydrogen) atoms. The molecule has 13 heteroatoms. The summed E-state index contributed by atoms with van der Waals surface area (Å²) in [7, 11) is 1.37. The van der Waals surface area contributed by atoms with Gasteiger partial charge >= 0.3 is 12.1 Å². The van der Waals surface area contributed by atoms with Gasteiger partial charge in [0.1, 0.15) is 11.9 Å². The maximum absolute atomic E-state index is 15.4. The number of hydrogen-bond acceptors (Lipinski definition) is 6. The summed E-state index contributed by atoms with van der Waals surface area (Å²) < 4.78 is 64.2. The van der Waals surface area contributed by atoms with Gasteiger partial charge in [-0.3, -0.25) is 14.6 Å². The van der Waals surface area contributed by atoms with Crippen LogP contribution in [0.15, 0.2) is 53.5 Å². The third-order valence-corrected chi connectivity index (χ3v) is 8.33. The van der Waals surface area contributed by atoms with E-state index in [4.69, 9.17) is 4.74 Å². The van der Waals surface area contributed by atoms with Crippen molar-refractivity contribution in [3.63, 3.8) is 0 Å². The number of amides is 1. The second-order valence-corrected chi connectivity index (χ2v) is 11.4. The van der Waals surface area contributed by atoms with Gasteiger partial charge in [0.05, 0.1) is 35.4 Å². The van der Waals surface area contributed by atoms with Gasteiger partial charge in [-0.2, -0.15) is 13.2 Å². The maximum atomic E-state index is 15.4. The summed E-state index contributed by atoms with van der Waals surface area (Å²) in [4.78, 5) is 45.0. The Labute approximate surface area is 261 Å². The first-order valence-corrected chi connectivity index (χ1v) is 14.5. The Hall–Kier alpha value is -4.78. The van der Waals surface area contributed by atoms with Gasteiger partial charge in [-0.25, -0.2) is 9.18 Å². The molecule has 0 bridgehead atoms. The Bertz CT molecular complexity index is 1880.